The Morgan fingerprint density at radius 1 is 1.22 bits per heavy atom. The largest absolute Gasteiger partial charge is 0.481 e. The Morgan fingerprint density at radius 2 is 1.78 bits per heavy atom. The van der Waals surface area contributed by atoms with Gasteiger partial charge in [-0.3, -0.25) is 14.3 Å². The molecule has 0 bridgehead atoms. The second-order valence-electron chi connectivity index (χ2n) is 3.70. The van der Waals surface area contributed by atoms with Gasteiger partial charge in [0.05, 0.1) is 12.2 Å². The van der Waals surface area contributed by atoms with E-state index in [9.17, 15) is 18.0 Å². The zero-order valence-electron chi connectivity index (χ0n) is 9.71. The summed E-state index contributed by atoms with van der Waals surface area (Å²) in [7, 11) is -3.68. The van der Waals surface area contributed by atoms with Gasteiger partial charge < -0.3 is 5.11 Å². The molecule has 18 heavy (non-hydrogen) atoms. The molecule has 0 fully saturated rings. The molecule has 0 atom stereocenters. The molecule has 0 unspecified atom stereocenters. The molecule has 1 aromatic carbocycles. The van der Waals surface area contributed by atoms with Crippen LogP contribution in [-0.2, 0) is 14.8 Å². The maximum absolute atomic E-state index is 11.5. The molecule has 1 aromatic rings. The number of benzene rings is 1. The Hall–Kier alpha value is -1.89. The van der Waals surface area contributed by atoms with E-state index < -0.39 is 28.2 Å². The summed E-state index contributed by atoms with van der Waals surface area (Å²) in [5.74, 6) is -1.78. The van der Waals surface area contributed by atoms with Gasteiger partial charge in [0.15, 0.2) is 5.78 Å². The van der Waals surface area contributed by atoms with Gasteiger partial charge in [0.2, 0.25) is 10.0 Å². The number of hydrogen-bond acceptors (Lipinski definition) is 4. The van der Waals surface area contributed by atoms with Crippen LogP contribution in [0.5, 0.6) is 0 Å². The van der Waals surface area contributed by atoms with E-state index in [1.807, 2.05) is 0 Å². The Bertz CT molecular complexity index is 547. The number of aliphatic carboxylic acids is 1. The second-order valence-corrected chi connectivity index (χ2v) is 5.54. The summed E-state index contributed by atoms with van der Waals surface area (Å²) in [6.45, 7) is 1.41. The first kappa shape index (κ1) is 14.2. The van der Waals surface area contributed by atoms with Gasteiger partial charge in [-0.15, -0.1) is 0 Å². The molecular formula is C11H13NO5S. The Morgan fingerprint density at radius 3 is 2.22 bits per heavy atom. The summed E-state index contributed by atoms with van der Waals surface area (Å²) in [6.07, 6.45) is -0.457. The van der Waals surface area contributed by atoms with Crippen molar-refractivity contribution in [3.05, 3.63) is 29.8 Å². The van der Waals surface area contributed by atoms with Crippen LogP contribution in [0.2, 0.25) is 0 Å². The maximum Gasteiger partial charge on any atom is 0.304 e. The van der Waals surface area contributed by atoms with Crippen molar-refractivity contribution in [2.75, 3.05) is 10.5 Å². The molecule has 0 aliphatic rings. The summed E-state index contributed by atoms with van der Waals surface area (Å²) >= 11 is 0. The number of carboxylic acid groups (broad SMARTS) is 1. The predicted octanol–water partition coefficient (Wildman–Crippen LogP) is 1.11. The fourth-order valence-electron chi connectivity index (χ4n) is 1.23. The van der Waals surface area contributed by atoms with Gasteiger partial charge in [0, 0.05) is 11.3 Å². The Balaban J connectivity index is 2.72. The number of rotatable bonds is 6. The molecule has 1 rings (SSSR count). The molecule has 98 valence electrons. The number of nitrogens with one attached hydrogen (secondary N) is 1. The molecule has 0 aliphatic heterocycles. The average molecular weight is 271 g/mol. The van der Waals surface area contributed by atoms with Crippen LogP contribution >= 0.6 is 0 Å². The number of hydrogen-bond donors (Lipinski definition) is 2. The first-order valence-corrected chi connectivity index (χ1v) is 6.79. The van der Waals surface area contributed by atoms with E-state index in [0.717, 1.165) is 0 Å². The van der Waals surface area contributed by atoms with Crippen molar-refractivity contribution >= 4 is 27.5 Å². The van der Waals surface area contributed by atoms with Gasteiger partial charge in [-0.25, -0.2) is 8.42 Å². The Labute approximate surface area is 105 Å². The molecule has 0 amide bonds. The average Bonchev–Trinajstić information content (AvgIpc) is 2.27. The van der Waals surface area contributed by atoms with Crippen LogP contribution in [0.25, 0.3) is 0 Å². The molecule has 0 saturated carbocycles. The number of anilines is 1. The van der Waals surface area contributed by atoms with Crippen molar-refractivity contribution in [2.45, 2.75) is 13.3 Å². The molecule has 0 heterocycles. The van der Waals surface area contributed by atoms with Crippen molar-refractivity contribution < 1.29 is 23.1 Å². The van der Waals surface area contributed by atoms with Gasteiger partial charge in [-0.2, -0.15) is 0 Å². The molecule has 6 nitrogen and oxygen atoms in total. The lowest BCUT2D eigenvalue weighted by Crippen LogP contribution is -2.18. The third-order valence-corrected chi connectivity index (χ3v) is 3.44. The van der Waals surface area contributed by atoms with Crippen LogP contribution < -0.4 is 4.72 Å². The lowest BCUT2D eigenvalue weighted by molar-refractivity contribution is -0.136. The van der Waals surface area contributed by atoms with E-state index in [0.29, 0.717) is 11.3 Å². The summed E-state index contributed by atoms with van der Waals surface area (Å²) in [4.78, 5) is 21.3. The SMILES string of the molecule is CC(=O)c1ccc(NS(=O)(=O)CCC(=O)O)cc1. The smallest absolute Gasteiger partial charge is 0.304 e. The Kier molecular flexibility index (Phi) is 4.43. The number of carboxylic acids is 1. The summed E-state index contributed by atoms with van der Waals surface area (Å²) in [6, 6.07) is 5.90. The molecule has 0 spiro atoms. The minimum Gasteiger partial charge on any atom is -0.481 e. The van der Waals surface area contributed by atoms with Crippen LogP contribution in [0, 0.1) is 0 Å². The van der Waals surface area contributed by atoms with Crippen molar-refractivity contribution in [1.29, 1.82) is 0 Å². The highest BCUT2D eigenvalue weighted by Crippen LogP contribution is 2.12. The fourth-order valence-corrected chi connectivity index (χ4v) is 2.27. The van der Waals surface area contributed by atoms with Gasteiger partial charge >= 0.3 is 5.97 Å². The minimum absolute atomic E-state index is 0.115. The lowest BCUT2D eigenvalue weighted by Gasteiger charge is -2.07. The highest BCUT2D eigenvalue weighted by atomic mass is 32.2. The summed E-state index contributed by atoms with van der Waals surface area (Å²) < 4.78 is 25.2. The summed E-state index contributed by atoms with van der Waals surface area (Å²) in [5.41, 5.74) is 0.772. The zero-order chi connectivity index (χ0) is 13.8. The number of carbonyl (C=O) groups excluding carboxylic acids is 1. The van der Waals surface area contributed by atoms with Gasteiger partial charge in [-0.1, -0.05) is 0 Å². The van der Waals surface area contributed by atoms with Gasteiger partial charge in [0.1, 0.15) is 0 Å². The number of Topliss-reactive ketones (excluding diaryl/α,β-unsaturated/α-hetero) is 1. The van der Waals surface area contributed by atoms with Crippen molar-refractivity contribution in [1.82, 2.24) is 0 Å². The second kappa shape index (κ2) is 5.63. The fraction of sp³-hybridized carbons (Fsp3) is 0.273. The van der Waals surface area contributed by atoms with E-state index in [2.05, 4.69) is 4.72 Å². The van der Waals surface area contributed by atoms with E-state index >= 15 is 0 Å². The molecule has 0 saturated heterocycles. The van der Waals surface area contributed by atoms with Crippen LogP contribution in [0.15, 0.2) is 24.3 Å². The van der Waals surface area contributed by atoms with Crippen molar-refractivity contribution in [3.8, 4) is 0 Å². The topological polar surface area (TPSA) is 101 Å². The first-order chi connectivity index (χ1) is 8.30. The molecule has 0 aliphatic carbocycles. The van der Waals surface area contributed by atoms with Crippen LogP contribution in [-0.4, -0.2) is 31.0 Å². The monoisotopic (exact) mass is 271 g/mol. The number of ketones is 1. The van der Waals surface area contributed by atoms with Crippen LogP contribution in [0.4, 0.5) is 5.69 Å². The third kappa shape index (κ3) is 4.54. The van der Waals surface area contributed by atoms with Crippen LogP contribution in [0.1, 0.15) is 23.7 Å². The maximum atomic E-state index is 11.5. The van der Waals surface area contributed by atoms with Crippen LogP contribution in [0.3, 0.4) is 0 Å². The minimum atomic E-state index is -3.68. The summed E-state index contributed by atoms with van der Waals surface area (Å²) in [5, 5.41) is 8.41. The molecule has 0 aromatic heterocycles. The van der Waals surface area contributed by atoms with E-state index in [4.69, 9.17) is 5.11 Å². The van der Waals surface area contributed by atoms with Gasteiger partial charge in [0.25, 0.3) is 0 Å². The van der Waals surface area contributed by atoms with Crippen molar-refractivity contribution in [2.24, 2.45) is 0 Å². The molecule has 0 radical (unpaired) electrons. The molecule has 7 heteroatoms. The zero-order valence-corrected chi connectivity index (χ0v) is 10.5. The quantitative estimate of drug-likeness (QED) is 0.755. The molecule has 2 N–H and O–H groups in total. The van der Waals surface area contributed by atoms with E-state index in [1.165, 1.54) is 31.2 Å². The predicted molar refractivity (Wildman–Crippen MR) is 66.1 cm³/mol. The highest BCUT2D eigenvalue weighted by molar-refractivity contribution is 7.92. The van der Waals surface area contributed by atoms with Gasteiger partial charge in [-0.05, 0) is 31.2 Å². The van der Waals surface area contributed by atoms with Crippen molar-refractivity contribution in [3.63, 3.8) is 0 Å². The number of sulfonamides is 1. The van der Waals surface area contributed by atoms with E-state index in [-0.39, 0.29) is 5.78 Å². The normalized spacial score (nSPS) is 10.9. The highest BCUT2D eigenvalue weighted by Gasteiger charge is 2.12. The first-order valence-electron chi connectivity index (χ1n) is 5.13. The number of carbonyl (C=O) groups is 2. The van der Waals surface area contributed by atoms with E-state index in [1.54, 1.807) is 0 Å². The third-order valence-electron chi connectivity index (χ3n) is 2.15. The standard InChI is InChI=1S/C11H13NO5S/c1-8(13)9-2-4-10(5-3-9)12-18(16,17)7-6-11(14)15/h2-5,12H,6-7H2,1H3,(H,14,15). The molecular weight excluding hydrogens is 258 g/mol. The lowest BCUT2D eigenvalue weighted by atomic mass is 10.1.